The first-order valence-corrected chi connectivity index (χ1v) is 7.52. The summed E-state index contributed by atoms with van der Waals surface area (Å²) in [6, 6.07) is 0. The molecule has 0 spiro atoms. The Balaban J connectivity index is 1.75. The topological polar surface area (TPSA) is 38.8 Å². The van der Waals surface area contributed by atoms with Gasteiger partial charge in [0.25, 0.3) is 0 Å². The second kappa shape index (κ2) is 7.22. The van der Waals surface area contributed by atoms with Crippen LogP contribution < -0.4 is 5.32 Å². The van der Waals surface area contributed by atoms with Gasteiger partial charge in [-0.3, -0.25) is 9.69 Å². The molecule has 2 aliphatic rings. The van der Waals surface area contributed by atoms with E-state index < -0.39 is 0 Å². The molecule has 0 aromatic heterocycles. The fourth-order valence-electron chi connectivity index (χ4n) is 3.10. The van der Waals surface area contributed by atoms with Gasteiger partial charge in [0.15, 0.2) is 0 Å². The molecule has 1 atom stereocenters. The molecule has 0 aromatic carbocycles. The van der Waals surface area contributed by atoms with Crippen molar-refractivity contribution in [3.63, 3.8) is 0 Å². The van der Waals surface area contributed by atoms with Crippen LogP contribution in [0, 0.1) is 5.92 Å². The van der Waals surface area contributed by atoms with E-state index in [1.807, 2.05) is 11.9 Å². The van der Waals surface area contributed by atoms with E-state index in [9.17, 15) is 4.79 Å². The van der Waals surface area contributed by atoms with Gasteiger partial charge in [-0.1, -0.05) is 0 Å². The molecule has 0 radical (unpaired) electrons. The lowest BCUT2D eigenvalue weighted by molar-refractivity contribution is -0.134. The predicted molar refractivity (Wildman–Crippen MR) is 77.2 cm³/mol. The maximum absolute atomic E-state index is 12.3. The molecular weight excluding hydrogens is 240 g/mol. The molecule has 2 fully saturated rings. The number of hydrogen-bond donors (Lipinski definition) is 1. The minimum Gasteiger partial charge on any atom is -0.339 e. The van der Waals surface area contributed by atoms with E-state index in [2.05, 4.69) is 22.2 Å². The first-order chi connectivity index (χ1) is 9.19. The molecule has 0 aliphatic carbocycles. The van der Waals surface area contributed by atoms with Gasteiger partial charge in [0.2, 0.25) is 5.91 Å². The fourth-order valence-corrected chi connectivity index (χ4v) is 3.10. The summed E-state index contributed by atoms with van der Waals surface area (Å²) in [5.41, 5.74) is 0. The summed E-state index contributed by atoms with van der Waals surface area (Å²) in [7, 11) is 4.13. The third kappa shape index (κ3) is 4.44. The maximum Gasteiger partial charge on any atom is 0.236 e. The summed E-state index contributed by atoms with van der Waals surface area (Å²) in [5.74, 6) is 1.03. The average Bonchev–Trinajstić information content (AvgIpc) is 2.40. The predicted octanol–water partition coefficient (Wildman–Crippen LogP) is -0.308. The van der Waals surface area contributed by atoms with Crippen LogP contribution in [0.5, 0.6) is 0 Å². The molecule has 1 amide bonds. The van der Waals surface area contributed by atoms with Crippen molar-refractivity contribution >= 4 is 5.91 Å². The Hall–Kier alpha value is -0.650. The fraction of sp³-hybridized carbons (Fsp3) is 0.929. The first kappa shape index (κ1) is 14.8. The Bertz CT molecular complexity index is 287. The summed E-state index contributed by atoms with van der Waals surface area (Å²) in [4.78, 5) is 18.9. The summed E-state index contributed by atoms with van der Waals surface area (Å²) < 4.78 is 0. The van der Waals surface area contributed by atoms with Crippen LogP contribution in [0.15, 0.2) is 0 Å². The SMILES string of the molecule is CNCC1CCCN(CC(=O)N2CCN(C)CC2)C1. The van der Waals surface area contributed by atoms with Crippen LogP contribution in [0.1, 0.15) is 12.8 Å². The highest BCUT2D eigenvalue weighted by molar-refractivity contribution is 5.78. The van der Waals surface area contributed by atoms with Crippen LogP contribution in [0.25, 0.3) is 0 Å². The molecule has 5 heteroatoms. The molecule has 2 heterocycles. The van der Waals surface area contributed by atoms with Crippen LogP contribution >= 0.6 is 0 Å². The molecule has 0 saturated carbocycles. The number of likely N-dealkylation sites (N-methyl/N-ethyl adjacent to an activating group) is 1. The van der Waals surface area contributed by atoms with E-state index in [-0.39, 0.29) is 0 Å². The molecule has 1 N–H and O–H groups in total. The van der Waals surface area contributed by atoms with Gasteiger partial charge in [0, 0.05) is 32.7 Å². The first-order valence-electron chi connectivity index (χ1n) is 7.52. The van der Waals surface area contributed by atoms with Gasteiger partial charge < -0.3 is 15.1 Å². The molecule has 0 bridgehead atoms. The van der Waals surface area contributed by atoms with Crippen molar-refractivity contribution in [3.8, 4) is 0 Å². The van der Waals surface area contributed by atoms with Crippen LogP contribution in [-0.2, 0) is 4.79 Å². The molecule has 0 aromatic rings. The Kier molecular flexibility index (Phi) is 5.60. The molecule has 1 unspecified atom stereocenters. The molecule has 2 aliphatic heterocycles. The Labute approximate surface area is 116 Å². The van der Waals surface area contributed by atoms with Gasteiger partial charge in [0.05, 0.1) is 6.54 Å². The zero-order valence-corrected chi connectivity index (χ0v) is 12.4. The molecule has 19 heavy (non-hydrogen) atoms. The van der Waals surface area contributed by atoms with Crippen molar-refractivity contribution < 1.29 is 4.79 Å². The number of rotatable bonds is 4. The highest BCUT2D eigenvalue weighted by Gasteiger charge is 2.24. The zero-order valence-electron chi connectivity index (χ0n) is 12.4. The van der Waals surface area contributed by atoms with Crippen molar-refractivity contribution in [1.29, 1.82) is 0 Å². The van der Waals surface area contributed by atoms with Crippen LogP contribution in [0.4, 0.5) is 0 Å². The monoisotopic (exact) mass is 268 g/mol. The smallest absolute Gasteiger partial charge is 0.236 e. The normalized spacial score (nSPS) is 26.6. The van der Waals surface area contributed by atoms with Gasteiger partial charge in [-0.15, -0.1) is 0 Å². The Morgan fingerprint density at radius 2 is 1.95 bits per heavy atom. The number of likely N-dealkylation sites (tertiary alicyclic amines) is 1. The van der Waals surface area contributed by atoms with E-state index >= 15 is 0 Å². The number of hydrogen-bond acceptors (Lipinski definition) is 4. The number of piperidine rings is 1. The standard InChI is InChI=1S/C14H28N4O/c1-15-10-13-4-3-5-17(11-13)12-14(19)18-8-6-16(2)7-9-18/h13,15H,3-12H2,1-2H3. The van der Waals surface area contributed by atoms with E-state index in [1.165, 1.54) is 12.8 Å². The van der Waals surface area contributed by atoms with Crippen molar-refractivity contribution in [3.05, 3.63) is 0 Å². The minimum atomic E-state index is 0.318. The Morgan fingerprint density at radius 3 is 2.63 bits per heavy atom. The van der Waals surface area contributed by atoms with Crippen LogP contribution in [0.2, 0.25) is 0 Å². The van der Waals surface area contributed by atoms with Gasteiger partial charge >= 0.3 is 0 Å². The van der Waals surface area contributed by atoms with Crippen molar-refractivity contribution in [1.82, 2.24) is 20.0 Å². The van der Waals surface area contributed by atoms with Gasteiger partial charge in [-0.2, -0.15) is 0 Å². The number of amides is 1. The van der Waals surface area contributed by atoms with Crippen LogP contribution in [0.3, 0.4) is 0 Å². The van der Waals surface area contributed by atoms with E-state index in [0.29, 0.717) is 18.4 Å². The molecule has 2 rings (SSSR count). The lowest BCUT2D eigenvalue weighted by atomic mass is 9.98. The number of nitrogens with zero attached hydrogens (tertiary/aromatic N) is 3. The third-order valence-electron chi connectivity index (χ3n) is 4.31. The van der Waals surface area contributed by atoms with Crippen molar-refractivity contribution in [2.24, 2.45) is 5.92 Å². The van der Waals surface area contributed by atoms with Crippen molar-refractivity contribution in [2.45, 2.75) is 12.8 Å². The molecular formula is C14H28N4O. The van der Waals surface area contributed by atoms with Crippen LogP contribution in [-0.4, -0.2) is 87.1 Å². The summed E-state index contributed by atoms with van der Waals surface area (Å²) >= 11 is 0. The van der Waals surface area contributed by atoms with E-state index in [4.69, 9.17) is 0 Å². The average molecular weight is 268 g/mol. The van der Waals surface area contributed by atoms with E-state index in [0.717, 1.165) is 45.8 Å². The summed E-state index contributed by atoms with van der Waals surface area (Å²) in [6.45, 7) is 7.64. The van der Waals surface area contributed by atoms with Crippen molar-refractivity contribution in [2.75, 3.05) is 66.5 Å². The minimum absolute atomic E-state index is 0.318. The number of carbonyl (C=O) groups excluding carboxylic acids is 1. The zero-order chi connectivity index (χ0) is 13.7. The second-order valence-electron chi connectivity index (χ2n) is 5.99. The lowest BCUT2D eigenvalue weighted by Crippen LogP contribution is -2.51. The van der Waals surface area contributed by atoms with Gasteiger partial charge in [0.1, 0.15) is 0 Å². The molecule has 2 saturated heterocycles. The highest BCUT2D eigenvalue weighted by atomic mass is 16.2. The third-order valence-corrected chi connectivity index (χ3v) is 4.31. The summed E-state index contributed by atoms with van der Waals surface area (Å²) in [6.07, 6.45) is 2.52. The number of piperazine rings is 1. The maximum atomic E-state index is 12.3. The quantitative estimate of drug-likeness (QED) is 0.759. The molecule has 5 nitrogen and oxygen atoms in total. The lowest BCUT2D eigenvalue weighted by Gasteiger charge is -2.36. The second-order valence-corrected chi connectivity index (χ2v) is 5.99. The summed E-state index contributed by atoms with van der Waals surface area (Å²) in [5, 5.41) is 3.25. The number of carbonyl (C=O) groups is 1. The Morgan fingerprint density at radius 1 is 1.21 bits per heavy atom. The van der Waals surface area contributed by atoms with Gasteiger partial charge in [-0.25, -0.2) is 0 Å². The van der Waals surface area contributed by atoms with Gasteiger partial charge in [-0.05, 0) is 45.9 Å². The largest absolute Gasteiger partial charge is 0.339 e. The highest BCUT2D eigenvalue weighted by Crippen LogP contribution is 2.15. The molecule has 110 valence electrons. The number of nitrogens with one attached hydrogen (secondary N) is 1. The van der Waals surface area contributed by atoms with E-state index in [1.54, 1.807) is 0 Å².